The topological polar surface area (TPSA) is 84.3 Å². The Bertz CT molecular complexity index is 478. The molecule has 110 valence electrons. The van der Waals surface area contributed by atoms with Crippen LogP contribution < -0.4 is 10.6 Å². The van der Waals surface area contributed by atoms with Crippen LogP contribution in [0.25, 0.3) is 0 Å². The minimum absolute atomic E-state index is 0. The van der Waals surface area contributed by atoms with Crippen molar-refractivity contribution in [3.8, 4) is 0 Å². The summed E-state index contributed by atoms with van der Waals surface area (Å²) in [6, 6.07) is 6.42. The molecule has 20 heavy (non-hydrogen) atoms. The van der Waals surface area contributed by atoms with E-state index in [1.165, 1.54) is 18.9 Å². The van der Waals surface area contributed by atoms with Crippen LogP contribution in [0.15, 0.2) is 24.3 Å². The third-order valence-electron chi connectivity index (χ3n) is 3.08. The van der Waals surface area contributed by atoms with Crippen molar-refractivity contribution in [2.75, 3.05) is 13.1 Å². The monoisotopic (exact) mass is 299 g/mol. The molecule has 0 bridgehead atoms. The fourth-order valence-electron chi connectivity index (χ4n) is 1.81. The first-order valence-electron chi connectivity index (χ1n) is 6.36. The SMILES string of the molecule is Cl.O=C(CNCC1CC1)NCc1ccccc1[N+](=O)[O-]. The second kappa shape index (κ2) is 7.81. The van der Waals surface area contributed by atoms with E-state index in [0.717, 1.165) is 12.5 Å². The third kappa shape index (κ3) is 5.14. The first kappa shape index (κ1) is 16.4. The van der Waals surface area contributed by atoms with Crippen LogP contribution in [0.2, 0.25) is 0 Å². The molecule has 1 fully saturated rings. The number of halogens is 1. The molecule has 1 aliphatic rings. The number of benzene rings is 1. The summed E-state index contributed by atoms with van der Waals surface area (Å²) in [6.45, 7) is 1.32. The van der Waals surface area contributed by atoms with Gasteiger partial charge in [-0.05, 0) is 25.3 Å². The molecule has 0 heterocycles. The predicted octanol–water partition coefficient (Wildman–Crippen LogP) is 1.63. The van der Waals surface area contributed by atoms with E-state index in [1.54, 1.807) is 18.2 Å². The van der Waals surface area contributed by atoms with Crippen LogP contribution in [0.4, 0.5) is 5.69 Å². The molecule has 7 heteroatoms. The van der Waals surface area contributed by atoms with Crippen LogP contribution >= 0.6 is 12.4 Å². The quantitative estimate of drug-likeness (QED) is 0.592. The molecule has 1 aliphatic carbocycles. The van der Waals surface area contributed by atoms with Crippen LogP contribution in [0.5, 0.6) is 0 Å². The Morgan fingerprint density at radius 3 is 2.70 bits per heavy atom. The molecule has 6 nitrogen and oxygen atoms in total. The highest BCUT2D eigenvalue weighted by Gasteiger charge is 2.20. The van der Waals surface area contributed by atoms with E-state index in [-0.39, 0.29) is 37.1 Å². The number of nitro benzene ring substituents is 1. The Morgan fingerprint density at radius 2 is 2.05 bits per heavy atom. The van der Waals surface area contributed by atoms with Gasteiger partial charge in [-0.1, -0.05) is 18.2 Å². The molecule has 0 aromatic heterocycles. The molecule has 2 N–H and O–H groups in total. The second-order valence-electron chi connectivity index (χ2n) is 4.74. The highest BCUT2D eigenvalue weighted by atomic mass is 35.5. The zero-order valence-electron chi connectivity index (χ0n) is 11.0. The second-order valence-corrected chi connectivity index (χ2v) is 4.74. The number of amides is 1. The van der Waals surface area contributed by atoms with Gasteiger partial charge in [0.1, 0.15) is 0 Å². The highest BCUT2D eigenvalue weighted by molar-refractivity contribution is 5.85. The number of nitrogens with one attached hydrogen (secondary N) is 2. The zero-order valence-corrected chi connectivity index (χ0v) is 11.8. The van der Waals surface area contributed by atoms with Gasteiger partial charge < -0.3 is 10.6 Å². The molecular formula is C13H18ClN3O3. The number of carbonyl (C=O) groups excluding carboxylic acids is 1. The molecule has 1 amide bonds. The van der Waals surface area contributed by atoms with Gasteiger partial charge in [0.15, 0.2) is 0 Å². The summed E-state index contributed by atoms with van der Waals surface area (Å²) in [5.74, 6) is 0.585. The summed E-state index contributed by atoms with van der Waals surface area (Å²) in [5, 5.41) is 16.6. The van der Waals surface area contributed by atoms with Gasteiger partial charge in [0.05, 0.1) is 11.5 Å². The first-order chi connectivity index (χ1) is 9.16. The van der Waals surface area contributed by atoms with Gasteiger partial charge >= 0.3 is 0 Å². The number of hydrogen-bond donors (Lipinski definition) is 2. The van der Waals surface area contributed by atoms with Crippen LogP contribution in [0.1, 0.15) is 18.4 Å². The maximum atomic E-state index is 11.6. The van der Waals surface area contributed by atoms with Crippen molar-refractivity contribution in [1.29, 1.82) is 0 Å². The van der Waals surface area contributed by atoms with Crippen molar-refractivity contribution in [3.63, 3.8) is 0 Å². The summed E-state index contributed by atoms with van der Waals surface area (Å²) in [4.78, 5) is 21.9. The van der Waals surface area contributed by atoms with Crippen molar-refractivity contribution in [1.82, 2.24) is 10.6 Å². The molecule has 1 saturated carbocycles. The number of nitro groups is 1. The Morgan fingerprint density at radius 1 is 1.35 bits per heavy atom. The van der Waals surface area contributed by atoms with Crippen LogP contribution in [0, 0.1) is 16.0 Å². The van der Waals surface area contributed by atoms with Gasteiger partial charge in [0.25, 0.3) is 5.69 Å². The lowest BCUT2D eigenvalue weighted by molar-refractivity contribution is -0.385. The minimum atomic E-state index is -0.438. The first-order valence-corrected chi connectivity index (χ1v) is 6.36. The summed E-state index contributed by atoms with van der Waals surface area (Å²) < 4.78 is 0. The maximum absolute atomic E-state index is 11.6. The van der Waals surface area contributed by atoms with Crippen molar-refractivity contribution >= 4 is 24.0 Å². The fourth-order valence-corrected chi connectivity index (χ4v) is 1.81. The van der Waals surface area contributed by atoms with Crippen molar-refractivity contribution in [2.45, 2.75) is 19.4 Å². The van der Waals surface area contributed by atoms with Crippen LogP contribution in [0.3, 0.4) is 0 Å². The lowest BCUT2D eigenvalue weighted by atomic mass is 10.2. The molecule has 0 atom stereocenters. The smallest absolute Gasteiger partial charge is 0.274 e. The van der Waals surface area contributed by atoms with Crippen LogP contribution in [-0.4, -0.2) is 23.9 Å². The molecule has 0 saturated heterocycles. The summed E-state index contributed by atoms with van der Waals surface area (Å²) in [7, 11) is 0. The largest absolute Gasteiger partial charge is 0.351 e. The van der Waals surface area contributed by atoms with Gasteiger partial charge in [0, 0.05) is 18.2 Å². The van der Waals surface area contributed by atoms with Crippen molar-refractivity contribution < 1.29 is 9.72 Å². The van der Waals surface area contributed by atoms with Crippen molar-refractivity contribution in [3.05, 3.63) is 39.9 Å². The number of rotatable bonds is 7. The van der Waals surface area contributed by atoms with E-state index in [2.05, 4.69) is 10.6 Å². The van der Waals surface area contributed by atoms with Gasteiger partial charge in [-0.3, -0.25) is 14.9 Å². The maximum Gasteiger partial charge on any atom is 0.274 e. The molecule has 0 unspecified atom stereocenters. The van der Waals surface area contributed by atoms with Crippen LogP contribution in [-0.2, 0) is 11.3 Å². The van der Waals surface area contributed by atoms with E-state index >= 15 is 0 Å². The summed E-state index contributed by atoms with van der Waals surface area (Å²) >= 11 is 0. The van der Waals surface area contributed by atoms with Gasteiger partial charge in [-0.2, -0.15) is 0 Å². The van der Waals surface area contributed by atoms with Gasteiger partial charge in [-0.15, -0.1) is 12.4 Å². The molecule has 0 aliphatic heterocycles. The Hall–Kier alpha value is -1.66. The Kier molecular flexibility index (Phi) is 6.41. The fraction of sp³-hybridized carbons (Fsp3) is 0.462. The van der Waals surface area contributed by atoms with Gasteiger partial charge in [-0.25, -0.2) is 0 Å². The van der Waals surface area contributed by atoms with E-state index in [0.29, 0.717) is 5.56 Å². The Balaban J connectivity index is 0.00000200. The molecule has 1 aromatic rings. The number of hydrogen-bond acceptors (Lipinski definition) is 4. The zero-order chi connectivity index (χ0) is 13.7. The average molecular weight is 300 g/mol. The van der Waals surface area contributed by atoms with E-state index in [9.17, 15) is 14.9 Å². The lowest BCUT2D eigenvalue weighted by Crippen LogP contribution is -2.34. The molecule has 0 radical (unpaired) electrons. The third-order valence-corrected chi connectivity index (χ3v) is 3.08. The Labute approximate surface area is 123 Å². The molecule has 0 spiro atoms. The summed E-state index contributed by atoms with van der Waals surface area (Å²) in [5.41, 5.74) is 0.553. The normalized spacial score (nSPS) is 13.4. The molecule has 2 rings (SSSR count). The highest BCUT2D eigenvalue weighted by Crippen LogP contribution is 2.27. The minimum Gasteiger partial charge on any atom is -0.351 e. The van der Waals surface area contributed by atoms with Gasteiger partial charge in [0.2, 0.25) is 5.91 Å². The van der Waals surface area contributed by atoms with Crippen molar-refractivity contribution in [2.24, 2.45) is 5.92 Å². The number of para-hydroxylation sites is 1. The van der Waals surface area contributed by atoms with E-state index in [4.69, 9.17) is 0 Å². The standard InChI is InChI=1S/C13H17N3O3.ClH/c17-13(9-14-7-10-5-6-10)15-8-11-3-1-2-4-12(11)16(18)19;/h1-4,10,14H,5-9H2,(H,15,17);1H. The number of carbonyl (C=O) groups is 1. The van der Waals surface area contributed by atoms with E-state index < -0.39 is 4.92 Å². The predicted molar refractivity (Wildman–Crippen MR) is 77.8 cm³/mol. The summed E-state index contributed by atoms with van der Waals surface area (Å²) in [6.07, 6.45) is 2.48. The number of nitrogens with zero attached hydrogens (tertiary/aromatic N) is 1. The average Bonchev–Trinajstić information content (AvgIpc) is 3.20. The van der Waals surface area contributed by atoms with E-state index in [1.807, 2.05) is 0 Å². The molecular weight excluding hydrogens is 282 g/mol. The lowest BCUT2D eigenvalue weighted by Gasteiger charge is -2.06. The molecule has 1 aromatic carbocycles.